The van der Waals surface area contributed by atoms with Gasteiger partial charge in [-0.25, -0.2) is 4.98 Å². The summed E-state index contributed by atoms with van der Waals surface area (Å²) in [6, 6.07) is 1.11. The number of halogens is 1. The summed E-state index contributed by atoms with van der Waals surface area (Å²) in [5.74, 6) is -0.489. The average molecular weight is 286 g/mol. The van der Waals surface area contributed by atoms with Crippen LogP contribution in [0, 0.1) is 10.1 Å². The highest BCUT2D eigenvalue weighted by Gasteiger charge is 2.20. The van der Waals surface area contributed by atoms with Crippen LogP contribution < -0.4 is 5.32 Å². The number of rotatable bonds is 4. The number of ether oxygens (including phenoxy) is 1. The van der Waals surface area contributed by atoms with Crippen LogP contribution in [0.5, 0.6) is 0 Å². The fraction of sp³-hybridized carbons (Fsp3) is 0.455. The van der Waals surface area contributed by atoms with Gasteiger partial charge in [0.15, 0.2) is 0 Å². The molecule has 0 bridgehead atoms. The molecule has 0 spiro atoms. The van der Waals surface area contributed by atoms with Gasteiger partial charge in [0.1, 0.15) is 11.3 Å². The highest BCUT2D eigenvalue weighted by molar-refractivity contribution is 6.32. The molecule has 0 saturated carbocycles. The summed E-state index contributed by atoms with van der Waals surface area (Å²) in [5, 5.41) is 13.2. The third-order valence-electron chi connectivity index (χ3n) is 2.79. The molecular formula is C11H12ClN3O4. The van der Waals surface area contributed by atoms with E-state index in [0.29, 0.717) is 13.2 Å². The molecule has 2 rings (SSSR count). The van der Waals surface area contributed by atoms with Crippen LogP contribution in [0.4, 0.5) is 5.69 Å². The van der Waals surface area contributed by atoms with E-state index in [2.05, 4.69) is 10.3 Å². The van der Waals surface area contributed by atoms with Crippen molar-refractivity contribution in [3.8, 4) is 0 Å². The molecule has 7 nitrogen and oxygen atoms in total. The highest BCUT2D eigenvalue weighted by Crippen LogP contribution is 2.19. The van der Waals surface area contributed by atoms with Gasteiger partial charge in [0.05, 0.1) is 16.6 Å². The quantitative estimate of drug-likeness (QED) is 0.514. The smallest absolute Gasteiger partial charge is 0.288 e. The van der Waals surface area contributed by atoms with E-state index in [4.69, 9.17) is 16.3 Å². The second-order valence-corrected chi connectivity index (χ2v) is 4.49. The molecule has 2 heterocycles. The molecule has 102 valence electrons. The van der Waals surface area contributed by atoms with Crippen molar-refractivity contribution >= 4 is 23.2 Å². The second kappa shape index (κ2) is 5.94. The summed E-state index contributed by atoms with van der Waals surface area (Å²) in [6.45, 7) is 1.05. The minimum atomic E-state index is -0.625. The number of nitro groups is 1. The first-order valence-corrected chi connectivity index (χ1v) is 6.15. The Morgan fingerprint density at radius 1 is 1.68 bits per heavy atom. The molecule has 0 aliphatic carbocycles. The largest absolute Gasteiger partial charge is 0.376 e. The lowest BCUT2D eigenvalue weighted by atomic mass is 10.2. The van der Waals surface area contributed by atoms with Crippen molar-refractivity contribution in [1.29, 1.82) is 0 Å². The summed E-state index contributed by atoms with van der Waals surface area (Å²) in [4.78, 5) is 25.5. The summed E-state index contributed by atoms with van der Waals surface area (Å²) in [5.41, 5.74) is -0.277. The number of aromatic nitrogens is 1. The average Bonchev–Trinajstić information content (AvgIpc) is 2.89. The van der Waals surface area contributed by atoms with E-state index in [1.807, 2.05) is 0 Å². The Morgan fingerprint density at radius 2 is 2.47 bits per heavy atom. The molecule has 8 heteroatoms. The number of nitrogens with zero attached hydrogens (tertiary/aromatic N) is 2. The fourth-order valence-corrected chi connectivity index (χ4v) is 1.99. The number of carbonyl (C=O) groups excluding carboxylic acids is 1. The van der Waals surface area contributed by atoms with Crippen molar-refractivity contribution in [2.45, 2.75) is 18.9 Å². The first kappa shape index (κ1) is 13.7. The number of carbonyl (C=O) groups is 1. The molecule has 1 aromatic heterocycles. The normalized spacial score (nSPS) is 18.3. The van der Waals surface area contributed by atoms with Crippen molar-refractivity contribution in [3.63, 3.8) is 0 Å². The molecule has 1 fully saturated rings. The van der Waals surface area contributed by atoms with E-state index in [1.165, 1.54) is 0 Å². The van der Waals surface area contributed by atoms with Gasteiger partial charge in [0.2, 0.25) is 0 Å². The van der Waals surface area contributed by atoms with Crippen molar-refractivity contribution in [3.05, 3.63) is 33.1 Å². The summed E-state index contributed by atoms with van der Waals surface area (Å²) in [7, 11) is 0. The van der Waals surface area contributed by atoms with E-state index in [-0.39, 0.29) is 22.5 Å². The number of hydrogen-bond donors (Lipinski definition) is 1. The predicted molar refractivity (Wildman–Crippen MR) is 67.2 cm³/mol. The van der Waals surface area contributed by atoms with Crippen molar-refractivity contribution in [2.24, 2.45) is 0 Å². The molecule has 1 aliphatic rings. The van der Waals surface area contributed by atoms with E-state index < -0.39 is 10.8 Å². The Hall–Kier alpha value is -1.73. The SMILES string of the molecule is O=C(NCC1CCCO1)c1cc([N+](=O)[O-])cnc1Cl. The van der Waals surface area contributed by atoms with Crippen molar-refractivity contribution in [2.75, 3.05) is 13.2 Å². The maximum atomic E-state index is 11.9. The molecule has 19 heavy (non-hydrogen) atoms. The lowest BCUT2D eigenvalue weighted by molar-refractivity contribution is -0.385. The second-order valence-electron chi connectivity index (χ2n) is 4.13. The van der Waals surface area contributed by atoms with Crippen LogP contribution in [0.2, 0.25) is 5.15 Å². The number of amides is 1. The van der Waals surface area contributed by atoms with E-state index in [1.54, 1.807) is 0 Å². The molecule has 1 unspecified atom stereocenters. The summed E-state index contributed by atoms with van der Waals surface area (Å²) in [6.07, 6.45) is 2.87. The maximum Gasteiger partial charge on any atom is 0.288 e. The van der Waals surface area contributed by atoms with Gasteiger partial charge in [-0.05, 0) is 12.8 Å². The van der Waals surface area contributed by atoms with Crippen LogP contribution in [-0.4, -0.2) is 35.1 Å². The van der Waals surface area contributed by atoms with Gasteiger partial charge in [-0.1, -0.05) is 11.6 Å². The first-order chi connectivity index (χ1) is 9.08. The van der Waals surface area contributed by atoms with E-state index in [0.717, 1.165) is 25.1 Å². The molecular weight excluding hydrogens is 274 g/mol. The van der Waals surface area contributed by atoms with Gasteiger partial charge >= 0.3 is 0 Å². The molecule has 1 amide bonds. The molecule has 0 radical (unpaired) electrons. The van der Waals surface area contributed by atoms with Gasteiger partial charge in [-0.2, -0.15) is 0 Å². The molecule has 1 N–H and O–H groups in total. The van der Waals surface area contributed by atoms with Crippen molar-refractivity contribution in [1.82, 2.24) is 10.3 Å². The zero-order valence-corrected chi connectivity index (χ0v) is 10.7. The molecule has 1 saturated heterocycles. The fourth-order valence-electron chi connectivity index (χ4n) is 1.80. The predicted octanol–water partition coefficient (Wildman–Crippen LogP) is 1.55. The van der Waals surface area contributed by atoms with Gasteiger partial charge in [-0.3, -0.25) is 14.9 Å². The van der Waals surface area contributed by atoms with Crippen LogP contribution in [0.25, 0.3) is 0 Å². The Kier molecular flexibility index (Phi) is 4.28. The van der Waals surface area contributed by atoms with Gasteiger partial charge in [-0.15, -0.1) is 0 Å². The van der Waals surface area contributed by atoms with E-state index in [9.17, 15) is 14.9 Å². The third-order valence-corrected chi connectivity index (χ3v) is 3.10. The third kappa shape index (κ3) is 3.39. The molecule has 1 aromatic rings. The van der Waals surface area contributed by atoms with Crippen molar-refractivity contribution < 1.29 is 14.5 Å². The van der Waals surface area contributed by atoms with Crippen LogP contribution >= 0.6 is 11.6 Å². The highest BCUT2D eigenvalue weighted by atomic mass is 35.5. The van der Waals surface area contributed by atoms with Gasteiger partial charge in [0.25, 0.3) is 11.6 Å². The number of hydrogen-bond acceptors (Lipinski definition) is 5. The van der Waals surface area contributed by atoms with E-state index >= 15 is 0 Å². The first-order valence-electron chi connectivity index (χ1n) is 5.77. The Balaban J connectivity index is 2.04. The lowest BCUT2D eigenvalue weighted by Crippen LogP contribution is -2.32. The minimum absolute atomic E-state index is 0.00520. The molecule has 1 aliphatic heterocycles. The Bertz CT molecular complexity index is 503. The minimum Gasteiger partial charge on any atom is -0.376 e. The van der Waals surface area contributed by atoms with Gasteiger partial charge in [0, 0.05) is 19.2 Å². The number of pyridine rings is 1. The van der Waals surface area contributed by atoms with Crippen LogP contribution in [0.1, 0.15) is 23.2 Å². The standard InChI is InChI=1S/C11H12ClN3O4/c12-10-9(4-7(5-13-10)15(17)18)11(16)14-6-8-2-1-3-19-8/h4-5,8H,1-3,6H2,(H,14,16). The number of nitrogens with one attached hydrogen (secondary N) is 1. The maximum absolute atomic E-state index is 11.9. The monoisotopic (exact) mass is 285 g/mol. The Labute approximate surface area is 114 Å². The summed E-state index contributed by atoms with van der Waals surface area (Å²) >= 11 is 5.77. The lowest BCUT2D eigenvalue weighted by Gasteiger charge is -2.11. The van der Waals surface area contributed by atoms with Gasteiger partial charge < -0.3 is 10.1 Å². The van der Waals surface area contributed by atoms with Crippen LogP contribution in [-0.2, 0) is 4.74 Å². The Morgan fingerprint density at radius 3 is 3.11 bits per heavy atom. The topological polar surface area (TPSA) is 94.4 Å². The summed E-state index contributed by atoms with van der Waals surface area (Å²) < 4.78 is 5.36. The zero-order valence-electron chi connectivity index (χ0n) is 9.97. The molecule has 0 aromatic carbocycles. The molecule has 1 atom stereocenters. The van der Waals surface area contributed by atoms with Crippen LogP contribution in [0.3, 0.4) is 0 Å². The zero-order chi connectivity index (χ0) is 13.8. The van der Waals surface area contributed by atoms with Crippen LogP contribution in [0.15, 0.2) is 12.3 Å².